The first kappa shape index (κ1) is 17.7. The van der Waals surface area contributed by atoms with E-state index in [1.807, 2.05) is 31.2 Å². The lowest BCUT2D eigenvalue weighted by molar-refractivity contribution is 0.122. The van der Waals surface area contributed by atoms with Crippen molar-refractivity contribution in [2.45, 2.75) is 13.0 Å². The second kappa shape index (κ2) is 7.48. The number of aliphatic hydroxyl groups excluding tert-OH is 1. The van der Waals surface area contributed by atoms with Crippen LogP contribution in [0.3, 0.4) is 0 Å². The lowest BCUT2D eigenvalue weighted by Crippen LogP contribution is -2.48. The first-order valence-electron chi connectivity index (χ1n) is 8.76. The molecule has 1 fully saturated rings. The van der Waals surface area contributed by atoms with Crippen LogP contribution in [0.15, 0.2) is 36.7 Å². The van der Waals surface area contributed by atoms with Gasteiger partial charge in [-0.15, -0.1) is 11.3 Å². The van der Waals surface area contributed by atoms with Crippen molar-refractivity contribution in [3.63, 3.8) is 0 Å². The van der Waals surface area contributed by atoms with Gasteiger partial charge in [-0.2, -0.15) is 0 Å². The number of aromatic nitrogens is 2. The molecule has 4 rings (SSSR count). The normalized spacial score (nSPS) is 17.0. The summed E-state index contributed by atoms with van der Waals surface area (Å²) < 4.78 is 1.13. The quantitative estimate of drug-likeness (QED) is 0.741. The number of nitrogens with zero attached hydrogens (tertiary/aromatic N) is 4. The van der Waals surface area contributed by atoms with E-state index in [0.717, 1.165) is 59.3 Å². The standard InChI is InChI=1S/C19H21ClN4OS/c1-13(25)11-23-6-8-24(9-7-23)19-18-16(21-12-22-19)10-17(26-18)14-2-4-15(20)5-3-14/h2-5,10,12-13,25H,6-9,11H2,1H3/t13-/m1/s1. The fourth-order valence-corrected chi connectivity index (χ4v) is 4.60. The van der Waals surface area contributed by atoms with Crippen molar-refractivity contribution >= 4 is 39.0 Å². The third-order valence-corrected chi connectivity index (χ3v) is 6.04. The van der Waals surface area contributed by atoms with Crippen LogP contribution in [0.5, 0.6) is 0 Å². The summed E-state index contributed by atoms with van der Waals surface area (Å²) in [6.07, 6.45) is 1.37. The minimum atomic E-state index is -0.286. The summed E-state index contributed by atoms with van der Waals surface area (Å²) in [4.78, 5) is 14.8. The van der Waals surface area contributed by atoms with Crippen LogP contribution >= 0.6 is 22.9 Å². The Kier molecular flexibility index (Phi) is 5.09. The molecule has 0 spiro atoms. The number of aliphatic hydroxyl groups is 1. The SMILES string of the molecule is C[C@@H](O)CN1CCN(c2ncnc3cc(-c4ccc(Cl)cc4)sc23)CC1. The van der Waals surface area contributed by atoms with Crippen LogP contribution in [-0.2, 0) is 0 Å². The van der Waals surface area contributed by atoms with E-state index in [-0.39, 0.29) is 6.10 Å². The molecule has 3 heterocycles. The number of piperazine rings is 1. The Balaban J connectivity index is 1.59. The molecule has 0 radical (unpaired) electrons. The molecule has 0 amide bonds. The summed E-state index contributed by atoms with van der Waals surface area (Å²) in [5, 5.41) is 10.3. The van der Waals surface area contributed by atoms with Gasteiger partial charge in [0.1, 0.15) is 12.1 Å². The lowest BCUT2D eigenvalue weighted by Gasteiger charge is -2.35. The number of halogens is 1. The smallest absolute Gasteiger partial charge is 0.150 e. The summed E-state index contributed by atoms with van der Waals surface area (Å²) >= 11 is 7.73. The van der Waals surface area contributed by atoms with Gasteiger partial charge in [0.05, 0.1) is 16.3 Å². The Hall–Kier alpha value is -1.73. The average Bonchev–Trinajstić information content (AvgIpc) is 3.07. The van der Waals surface area contributed by atoms with E-state index in [0.29, 0.717) is 0 Å². The van der Waals surface area contributed by atoms with Gasteiger partial charge in [-0.3, -0.25) is 4.90 Å². The zero-order valence-corrected chi connectivity index (χ0v) is 16.2. The summed E-state index contributed by atoms with van der Waals surface area (Å²) in [5.74, 6) is 1.01. The molecule has 1 N–H and O–H groups in total. The predicted molar refractivity (Wildman–Crippen MR) is 108 cm³/mol. The van der Waals surface area contributed by atoms with Crippen molar-refractivity contribution in [3.05, 3.63) is 41.7 Å². The summed E-state index contributed by atoms with van der Waals surface area (Å²) in [6, 6.07) is 10.0. The maximum absolute atomic E-state index is 9.57. The predicted octanol–water partition coefficient (Wildman–Crippen LogP) is 3.51. The Labute approximate surface area is 161 Å². The van der Waals surface area contributed by atoms with Gasteiger partial charge in [0.25, 0.3) is 0 Å². The van der Waals surface area contributed by atoms with Crippen LogP contribution in [0, 0.1) is 0 Å². The molecule has 1 aliphatic heterocycles. The fourth-order valence-electron chi connectivity index (χ4n) is 3.34. The highest BCUT2D eigenvalue weighted by Crippen LogP contribution is 2.37. The number of rotatable bonds is 4. The van der Waals surface area contributed by atoms with Gasteiger partial charge in [-0.25, -0.2) is 9.97 Å². The second-order valence-electron chi connectivity index (χ2n) is 6.67. The molecule has 5 nitrogen and oxygen atoms in total. The first-order chi connectivity index (χ1) is 12.6. The molecule has 136 valence electrons. The highest BCUT2D eigenvalue weighted by molar-refractivity contribution is 7.22. The topological polar surface area (TPSA) is 52.5 Å². The van der Waals surface area contributed by atoms with Crippen molar-refractivity contribution in [2.75, 3.05) is 37.6 Å². The maximum Gasteiger partial charge on any atom is 0.150 e. The molecule has 2 aromatic heterocycles. The number of hydrogen-bond acceptors (Lipinski definition) is 6. The molecule has 1 saturated heterocycles. The molecule has 3 aromatic rings. The van der Waals surface area contributed by atoms with E-state index in [2.05, 4.69) is 25.8 Å². The molecule has 1 aliphatic rings. The molecule has 26 heavy (non-hydrogen) atoms. The van der Waals surface area contributed by atoms with Crippen LogP contribution in [-0.4, -0.2) is 58.8 Å². The summed E-state index contributed by atoms with van der Waals surface area (Å²) in [7, 11) is 0. The van der Waals surface area contributed by atoms with Crippen molar-refractivity contribution in [1.29, 1.82) is 0 Å². The van der Waals surface area contributed by atoms with Gasteiger partial charge < -0.3 is 10.0 Å². The third-order valence-electron chi connectivity index (χ3n) is 4.62. The van der Waals surface area contributed by atoms with Gasteiger partial charge in [-0.1, -0.05) is 23.7 Å². The van der Waals surface area contributed by atoms with Gasteiger partial charge in [0.15, 0.2) is 0 Å². The number of anilines is 1. The molecule has 1 aromatic carbocycles. The number of thiophene rings is 1. The van der Waals surface area contributed by atoms with Crippen LogP contribution < -0.4 is 4.90 Å². The lowest BCUT2D eigenvalue weighted by atomic mass is 10.2. The molecule has 0 aliphatic carbocycles. The van der Waals surface area contributed by atoms with Crippen molar-refractivity contribution in [1.82, 2.24) is 14.9 Å². The van der Waals surface area contributed by atoms with Crippen molar-refractivity contribution in [3.8, 4) is 10.4 Å². The second-order valence-corrected chi connectivity index (χ2v) is 8.15. The van der Waals surface area contributed by atoms with E-state index < -0.39 is 0 Å². The van der Waals surface area contributed by atoms with E-state index >= 15 is 0 Å². The molecule has 0 unspecified atom stereocenters. The van der Waals surface area contributed by atoms with Crippen LogP contribution in [0.4, 0.5) is 5.82 Å². The molecule has 0 bridgehead atoms. The number of benzene rings is 1. The van der Waals surface area contributed by atoms with E-state index in [9.17, 15) is 5.11 Å². The molecular weight excluding hydrogens is 368 g/mol. The Morgan fingerprint density at radius 3 is 2.58 bits per heavy atom. The molecule has 7 heteroatoms. The van der Waals surface area contributed by atoms with Crippen LogP contribution in [0.2, 0.25) is 5.02 Å². The van der Waals surface area contributed by atoms with E-state index in [1.54, 1.807) is 17.7 Å². The van der Waals surface area contributed by atoms with Gasteiger partial charge in [0.2, 0.25) is 0 Å². The van der Waals surface area contributed by atoms with Gasteiger partial charge >= 0.3 is 0 Å². The third kappa shape index (κ3) is 3.69. The Morgan fingerprint density at radius 2 is 1.88 bits per heavy atom. The fraction of sp³-hybridized carbons (Fsp3) is 0.368. The number of hydrogen-bond donors (Lipinski definition) is 1. The largest absolute Gasteiger partial charge is 0.392 e. The average molecular weight is 389 g/mol. The molecular formula is C19H21ClN4OS. The van der Waals surface area contributed by atoms with Crippen molar-refractivity contribution in [2.24, 2.45) is 0 Å². The van der Waals surface area contributed by atoms with E-state index in [4.69, 9.17) is 11.6 Å². The van der Waals surface area contributed by atoms with Crippen LogP contribution in [0.1, 0.15) is 6.92 Å². The van der Waals surface area contributed by atoms with Crippen LogP contribution in [0.25, 0.3) is 20.7 Å². The molecule has 1 atom stereocenters. The monoisotopic (exact) mass is 388 g/mol. The Bertz CT molecular complexity index is 888. The minimum Gasteiger partial charge on any atom is -0.392 e. The zero-order chi connectivity index (χ0) is 18.1. The molecule has 0 saturated carbocycles. The highest BCUT2D eigenvalue weighted by Gasteiger charge is 2.21. The number of fused-ring (bicyclic) bond motifs is 1. The van der Waals surface area contributed by atoms with Gasteiger partial charge in [0, 0.05) is 42.6 Å². The maximum atomic E-state index is 9.57. The Morgan fingerprint density at radius 1 is 1.15 bits per heavy atom. The summed E-state index contributed by atoms with van der Waals surface area (Å²) in [5.41, 5.74) is 2.13. The first-order valence-corrected chi connectivity index (χ1v) is 9.95. The van der Waals surface area contributed by atoms with Gasteiger partial charge in [-0.05, 0) is 30.7 Å². The minimum absolute atomic E-state index is 0.286. The number of β-amino-alcohol motifs (C(OH)–C–C–N with tert-alkyl or cyclic N) is 1. The summed E-state index contributed by atoms with van der Waals surface area (Å²) in [6.45, 7) is 6.26. The van der Waals surface area contributed by atoms with Crippen molar-refractivity contribution < 1.29 is 5.11 Å². The van der Waals surface area contributed by atoms with E-state index in [1.165, 1.54) is 4.88 Å². The zero-order valence-electron chi connectivity index (χ0n) is 14.6. The highest BCUT2D eigenvalue weighted by atomic mass is 35.5.